The molecule has 3 amide bonds. The fourth-order valence-corrected chi connectivity index (χ4v) is 5.34. The average Bonchev–Trinajstić information content (AvgIpc) is 3.03. The van der Waals surface area contributed by atoms with E-state index in [0.29, 0.717) is 33.9 Å². The molecule has 0 saturated heterocycles. The van der Waals surface area contributed by atoms with Crippen LogP contribution < -0.4 is 16.0 Å². The van der Waals surface area contributed by atoms with Crippen LogP contribution in [0, 0.1) is 0 Å². The highest BCUT2D eigenvalue weighted by Gasteiger charge is 2.21. The van der Waals surface area contributed by atoms with Crippen LogP contribution in [0.3, 0.4) is 0 Å². The minimum Gasteiger partial charge on any atom is -0.465 e. The van der Waals surface area contributed by atoms with Gasteiger partial charge in [-0.3, -0.25) is 14.4 Å². The first-order chi connectivity index (χ1) is 21.3. The number of rotatable bonds is 11. The maximum Gasteiger partial charge on any atom is 0.339 e. The summed E-state index contributed by atoms with van der Waals surface area (Å²) in [6, 6.07) is 29.2. The van der Waals surface area contributed by atoms with Gasteiger partial charge in [-0.05, 0) is 72.7 Å². The monoisotopic (exact) mass is 627 g/mol. The molecule has 0 saturated carbocycles. The van der Waals surface area contributed by atoms with Crippen LogP contribution in [-0.2, 0) is 14.3 Å². The zero-order valence-electron chi connectivity index (χ0n) is 24.0. The highest BCUT2D eigenvalue weighted by molar-refractivity contribution is 8.00. The van der Waals surface area contributed by atoms with Crippen molar-refractivity contribution in [3.05, 3.63) is 131 Å². The van der Waals surface area contributed by atoms with Crippen LogP contribution in [-0.4, -0.2) is 36.1 Å². The third-order valence-corrected chi connectivity index (χ3v) is 7.91. The molecule has 0 aromatic heterocycles. The Kier molecular flexibility index (Phi) is 11.3. The first-order valence-electron chi connectivity index (χ1n) is 13.7. The second-order valence-corrected chi connectivity index (χ2v) is 11.2. The van der Waals surface area contributed by atoms with Crippen LogP contribution in [0.2, 0.25) is 5.02 Å². The van der Waals surface area contributed by atoms with Crippen LogP contribution >= 0.6 is 23.4 Å². The zero-order valence-corrected chi connectivity index (χ0v) is 25.6. The molecule has 0 fully saturated rings. The number of esters is 1. The lowest BCUT2D eigenvalue weighted by atomic mass is 10.1. The van der Waals surface area contributed by atoms with E-state index < -0.39 is 23.0 Å². The SMILES string of the molecule is CCC(Sc1cccc(NC(=O)/C(=C\c2cccc(Cl)c2)NC(=O)c2ccccc2)c1)C(=O)Nc1ccccc1C(=O)OC. The van der Waals surface area contributed by atoms with E-state index in [9.17, 15) is 19.2 Å². The molecule has 4 rings (SSSR count). The number of halogens is 1. The summed E-state index contributed by atoms with van der Waals surface area (Å²) >= 11 is 7.46. The Balaban J connectivity index is 1.50. The molecule has 0 heterocycles. The fraction of sp³-hybridized carbons (Fsp3) is 0.118. The molecule has 0 aliphatic rings. The van der Waals surface area contributed by atoms with Gasteiger partial charge in [-0.25, -0.2) is 4.79 Å². The summed E-state index contributed by atoms with van der Waals surface area (Å²) in [5.41, 5.74) is 2.14. The number of amides is 3. The molecular formula is C34H30ClN3O5S. The van der Waals surface area contributed by atoms with E-state index in [0.717, 1.165) is 4.90 Å². The van der Waals surface area contributed by atoms with Crippen molar-refractivity contribution in [2.75, 3.05) is 17.7 Å². The summed E-state index contributed by atoms with van der Waals surface area (Å²) in [6.45, 7) is 1.89. The number of methoxy groups -OCH3 is 1. The normalized spacial score (nSPS) is 11.7. The largest absolute Gasteiger partial charge is 0.465 e. The quantitative estimate of drug-likeness (QED) is 0.0933. The van der Waals surface area contributed by atoms with Crippen molar-refractivity contribution in [3.63, 3.8) is 0 Å². The van der Waals surface area contributed by atoms with E-state index in [1.807, 2.05) is 13.0 Å². The van der Waals surface area contributed by atoms with Gasteiger partial charge in [0.2, 0.25) is 5.91 Å². The van der Waals surface area contributed by atoms with E-state index >= 15 is 0 Å². The number of hydrogen-bond acceptors (Lipinski definition) is 6. The standard InChI is InChI=1S/C34H30ClN3O5S/c1-3-30(33(41)37-28-18-8-7-17-27(28)34(42)43-2)44-26-16-10-15-25(21-26)36-32(40)29(20-22-11-9-14-24(35)19-22)38-31(39)23-12-5-4-6-13-23/h4-21,30H,3H2,1-2H3,(H,36,40)(H,37,41)(H,38,39)/b29-20+. The minimum atomic E-state index is -0.547. The lowest BCUT2D eigenvalue weighted by molar-refractivity contribution is -0.116. The minimum absolute atomic E-state index is 0.0225. The van der Waals surface area contributed by atoms with Crippen molar-refractivity contribution in [3.8, 4) is 0 Å². The van der Waals surface area contributed by atoms with Gasteiger partial charge in [-0.2, -0.15) is 0 Å². The number of hydrogen-bond donors (Lipinski definition) is 3. The highest BCUT2D eigenvalue weighted by atomic mass is 35.5. The van der Waals surface area contributed by atoms with Gasteiger partial charge in [-0.15, -0.1) is 11.8 Å². The molecule has 44 heavy (non-hydrogen) atoms. The van der Waals surface area contributed by atoms with Crippen molar-refractivity contribution >= 4 is 64.5 Å². The Hall–Kier alpha value is -4.86. The predicted octanol–water partition coefficient (Wildman–Crippen LogP) is 7.05. The first-order valence-corrected chi connectivity index (χ1v) is 14.9. The van der Waals surface area contributed by atoms with Gasteiger partial charge in [0.05, 0.1) is 23.6 Å². The van der Waals surface area contributed by atoms with Crippen molar-refractivity contribution in [1.29, 1.82) is 0 Å². The molecule has 0 radical (unpaired) electrons. The van der Waals surface area contributed by atoms with E-state index in [2.05, 4.69) is 16.0 Å². The van der Waals surface area contributed by atoms with Crippen LogP contribution in [0.15, 0.2) is 114 Å². The summed E-state index contributed by atoms with van der Waals surface area (Å²) in [4.78, 5) is 52.4. The Morgan fingerprint density at radius 1 is 0.864 bits per heavy atom. The molecule has 3 N–H and O–H groups in total. The molecule has 4 aromatic carbocycles. The van der Waals surface area contributed by atoms with E-state index in [-0.39, 0.29) is 17.2 Å². The molecule has 10 heteroatoms. The van der Waals surface area contributed by atoms with Crippen LogP contribution in [0.4, 0.5) is 11.4 Å². The third kappa shape index (κ3) is 8.82. The van der Waals surface area contributed by atoms with Crippen LogP contribution in [0.5, 0.6) is 0 Å². The van der Waals surface area contributed by atoms with Gasteiger partial charge < -0.3 is 20.7 Å². The number of ether oxygens (including phenoxy) is 1. The average molecular weight is 628 g/mol. The van der Waals surface area contributed by atoms with Crippen molar-refractivity contribution in [2.24, 2.45) is 0 Å². The van der Waals surface area contributed by atoms with Gasteiger partial charge >= 0.3 is 5.97 Å². The van der Waals surface area contributed by atoms with Crippen molar-refractivity contribution in [1.82, 2.24) is 5.32 Å². The summed E-state index contributed by atoms with van der Waals surface area (Å²) in [5, 5.41) is 8.38. The summed E-state index contributed by atoms with van der Waals surface area (Å²) in [6.07, 6.45) is 2.05. The van der Waals surface area contributed by atoms with E-state index in [1.165, 1.54) is 18.9 Å². The smallest absolute Gasteiger partial charge is 0.339 e. The van der Waals surface area contributed by atoms with E-state index in [1.54, 1.807) is 103 Å². The Morgan fingerprint density at radius 2 is 1.59 bits per heavy atom. The second-order valence-electron chi connectivity index (χ2n) is 9.46. The molecule has 8 nitrogen and oxygen atoms in total. The van der Waals surface area contributed by atoms with Crippen molar-refractivity contribution in [2.45, 2.75) is 23.5 Å². The zero-order chi connectivity index (χ0) is 31.5. The maximum absolute atomic E-state index is 13.4. The number of anilines is 2. The van der Waals surface area contributed by atoms with Gasteiger partial charge in [-0.1, -0.05) is 67.1 Å². The third-order valence-electron chi connectivity index (χ3n) is 6.31. The van der Waals surface area contributed by atoms with E-state index in [4.69, 9.17) is 16.3 Å². The Morgan fingerprint density at radius 3 is 2.32 bits per heavy atom. The number of para-hydroxylation sites is 1. The number of carbonyl (C=O) groups is 4. The summed E-state index contributed by atoms with van der Waals surface area (Å²) < 4.78 is 4.82. The highest BCUT2D eigenvalue weighted by Crippen LogP contribution is 2.29. The van der Waals surface area contributed by atoms with Gasteiger partial charge in [0.1, 0.15) is 5.70 Å². The number of nitrogens with one attached hydrogen (secondary N) is 3. The molecule has 1 atom stereocenters. The molecule has 0 bridgehead atoms. The number of carbonyl (C=O) groups excluding carboxylic acids is 4. The molecule has 0 aliphatic heterocycles. The molecule has 0 spiro atoms. The van der Waals surface area contributed by atoms with Crippen LogP contribution in [0.1, 0.15) is 39.6 Å². The van der Waals surface area contributed by atoms with Gasteiger partial charge in [0.25, 0.3) is 11.8 Å². The van der Waals surface area contributed by atoms with Crippen LogP contribution in [0.25, 0.3) is 6.08 Å². The Labute approximate surface area is 264 Å². The fourth-order valence-electron chi connectivity index (χ4n) is 4.13. The first kappa shape index (κ1) is 32.1. The summed E-state index contributed by atoms with van der Waals surface area (Å²) in [7, 11) is 1.28. The lowest BCUT2D eigenvalue weighted by Gasteiger charge is -2.17. The lowest BCUT2D eigenvalue weighted by Crippen LogP contribution is -2.30. The molecule has 0 aliphatic carbocycles. The molecule has 1 unspecified atom stereocenters. The van der Waals surface area contributed by atoms with Crippen molar-refractivity contribution < 1.29 is 23.9 Å². The predicted molar refractivity (Wildman–Crippen MR) is 175 cm³/mol. The topological polar surface area (TPSA) is 114 Å². The van der Waals surface area contributed by atoms with Gasteiger partial charge in [0.15, 0.2) is 0 Å². The maximum atomic E-state index is 13.4. The molecule has 4 aromatic rings. The number of benzene rings is 4. The molecular weight excluding hydrogens is 598 g/mol. The summed E-state index contributed by atoms with van der Waals surface area (Å²) in [5.74, 6) is -1.81. The Bertz CT molecular complexity index is 1690. The number of thioether (sulfide) groups is 1. The molecule has 224 valence electrons. The van der Waals surface area contributed by atoms with Gasteiger partial charge in [0, 0.05) is 21.2 Å². The second kappa shape index (κ2) is 15.6.